The summed E-state index contributed by atoms with van der Waals surface area (Å²) in [6.45, 7) is 5.05. The molecular weight excluding hydrogens is 288 g/mol. The summed E-state index contributed by atoms with van der Waals surface area (Å²) in [5.74, 6) is -2.25. The van der Waals surface area contributed by atoms with E-state index in [1.807, 2.05) is 13.0 Å². The van der Waals surface area contributed by atoms with Gasteiger partial charge in [-0.2, -0.15) is 0 Å². The van der Waals surface area contributed by atoms with Crippen LogP contribution in [0.15, 0.2) is 24.3 Å². The maximum absolute atomic E-state index is 11.6. The van der Waals surface area contributed by atoms with Crippen LogP contribution in [0, 0.1) is 0 Å². The molecule has 0 bridgehead atoms. The van der Waals surface area contributed by atoms with Crippen LogP contribution < -0.4 is 0 Å². The van der Waals surface area contributed by atoms with Gasteiger partial charge in [0.05, 0.1) is 12.0 Å². The van der Waals surface area contributed by atoms with Gasteiger partial charge in [-0.05, 0) is 46.1 Å². The van der Waals surface area contributed by atoms with E-state index in [0.29, 0.717) is 6.42 Å². The fourth-order valence-corrected chi connectivity index (χ4v) is 1.76. The third-order valence-electron chi connectivity index (χ3n) is 2.99. The molecule has 0 heterocycles. The minimum Gasteiger partial charge on any atom is -0.479 e. The van der Waals surface area contributed by atoms with Crippen molar-refractivity contribution in [3.8, 4) is 0 Å². The molecule has 6 nitrogen and oxygen atoms in total. The summed E-state index contributed by atoms with van der Waals surface area (Å²) in [6.07, 6.45) is 6.72. The van der Waals surface area contributed by atoms with E-state index in [0.717, 1.165) is 0 Å². The number of carbonyl (C=O) groups excluding carboxylic acids is 1. The van der Waals surface area contributed by atoms with E-state index in [-0.39, 0.29) is 19.4 Å². The number of esters is 1. The maximum Gasteiger partial charge on any atom is 0.336 e. The van der Waals surface area contributed by atoms with E-state index in [2.05, 4.69) is 0 Å². The molecule has 0 rings (SSSR count). The van der Waals surface area contributed by atoms with Gasteiger partial charge in [0.2, 0.25) is 0 Å². The Morgan fingerprint density at radius 3 is 2.27 bits per heavy atom. The van der Waals surface area contributed by atoms with Crippen LogP contribution in [0.1, 0.15) is 46.5 Å². The molecule has 0 aliphatic rings. The highest BCUT2D eigenvalue weighted by Crippen LogP contribution is 2.23. The van der Waals surface area contributed by atoms with Crippen molar-refractivity contribution in [2.45, 2.75) is 57.7 Å². The van der Waals surface area contributed by atoms with Crippen LogP contribution in [-0.2, 0) is 14.3 Å². The Morgan fingerprint density at radius 1 is 1.14 bits per heavy atom. The van der Waals surface area contributed by atoms with Crippen LogP contribution in [-0.4, -0.2) is 45.1 Å². The first kappa shape index (κ1) is 20.3. The van der Waals surface area contributed by atoms with Gasteiger partial charge in [0.25, 0.3) is 0 Å². The second-order valence-corrected chi connectivity index (χ2v) is 5.82. The number of carboxylic acids is 1. The van der Waals surface area contributed by atoms with Crippen molar-refractivity contribution in [3.05, 3.63) is 24.3 Å². The normalized spacial score (nSPS) is 15.1. The first-order chi connectivity index (χ1) is 10.1. The summed E-state index contributed by atoms with van der Waals surface area (Å²) in [5, 5.41) is 28.8. The van der Waals surface area contributed by atoms with Crippen molar-refractivity contribution in [2.75, 3.05) is 6.61 Å². The van der Waals surface area contributed by atoms with Gasteiger partial charge in [0, 0.05) is 0 Å². The van der Waals surface area contributed by atoms with Crippen LogP contribution >= 0.6 is 0 Å². The molecule has 3 N–H and O–H groups in total. The number of rotatable bonds is 10. The van der Waals surface area contributed by atoms with E-state index in [1.54, 1.807) is 32.1 Å². The van der Waals surface area contributed by atoms with Gasteiger partial charge in [-0.25, -0.2) is 4.79 Å². The van der Waals surface area contributed by atoms with Crippen LogP contribution in [0.5, 0.6) is 0 Å². The van der Waals surface area contributed by atoms with Gasteiger partial charge in [0.1, 0.15) is 6.61 Å². The molecular formula is C16H26O6. The number of aliphatic carboxylic acids is 1. The largest absolute Gasteiger partial charge is 0.479 e. The molecule has 0 spiro atoms. The molecule has 0 aromatic rings. The van der Waals surface area contributed by atoms with Gasteiger partial charge < -0.3 is 20.1 Å². The Labute approximate surface area is 131 Å². The zero-order chi connectivity index (χ0) is 17.2. The van der Waals surface area contributed by atoms with E-state index < -0.39 is 29.6 Å². The number of ether oxygens (including phenoxy) is 1. The number of carbonyl (C=O) groups is 2. The highest BCUT2D eigenvalue weighted by molar-refractivity contribution is 5.84. The molecule has 0 amide bonds. The molecule has 0 aliphatic carbocycles. The van der Waals surface area contributed by atoms with Crippen molar-refractivity contribution >= 4 is 11.9 Å². The summed E-state index contributed by atoms with van der Waals surface area (Å²) in [4.78, 5) is 22.8. The third-order valence-corrected chi connectivity index (χ3v) is 2.99. The van der Waals surface area contributed by atoms with Crippen LogP contribution in [0.3, 0.4) is 0 Å². The van der Waals surface area contributed by atoms with Gasteiger partial charge in [-0.15, -0.1) is 0 Å². The predicted octanol–water partition coefficient (Wildman–Crippen LogP) is 1.81. The minimum absolute atomic E-state index is 0.0164. The molecule has 6 heteroatoms. The number of allylic oxidation sites excluding steroid dienone is 3. The number of carboxylic acid groups (broad SMARTS) is 1. The van der Waals surface area contributed by atoms with Gasteiger partial charge in [0.15, 0.2) is 5.60 Å². The minimum atomic E-state index is -2.17. The number of hydrogen-bond acceptors (Lipinski definition) is 5. The second kappa shape index (κ2) is 9.38. The van der Waals surface area contributed by atoms with E-state index in [4.69, 9.17) is 9.84 Å². The molecule has 0 saturated heterocycles. The van der Waals surface area contributed by atoms with Crippen LogP contribution in [0.2, 0.25) is 0 Å². The van der Waals surface area contributed by atoms with Crippen LogP contribution in [0.25, 0.3) is 0 Å². The average molecular weight is 314 g/mol. The molecule has 0 aromatic heterocycles. The Bertz CT molecular complexity index is 419. The second-order valence-electron chi connectivity index (χ2n) is 5.82. The summed E-state index contributed by atoms with van der Waals surface area (Å²) in [7, 11) is 0. The molecule has 126 valence electrons. The Balaban J connectivity index is 4.42. The zero-order valence-electron chi connectivity index (χ0n) is 13.4. The lowest BCUT2D eigenvalue weighted by Crippen LogP contribution is -2.41. The smallest absolute Gasteiger partial charge is 0.336 e. The summed E-state index contributed by atoms with van der Waals surface area (Å²) in [5.41, 5.74) is -3.12. The fraction of sp³-hybridized carbons (Fsp3) is 0.625. The summed E-state index contributed by atoms with van der Waals surface area (Å²) < 4.78 is 4.85. The maximum atomic E-state index is 11.6. The molecule has 0 saturated carbocycles. The summed E-state index contributed by atoms with van der Waals surface area (Å²) >= 11 is 0. The Morgan fingerprint density at radius 2 is 1.77 bits per heavy atom. The Hall–Kier alpha value is -1.66. The molecule has 0 aliphatic heterocycles. The molecule has 0 unspecified atom stereocenters. The third kappa shape index (κ3) is 9.31. The first-order valence-electron chi connectivity index (χ1n) is 7.22. The molecule has 0 aromatic carbocycles. The zero-order valence-corrected chi connectivity index (χ0v) is 13.4. The topological polar surface area (TPSA) is 104 Å². The van der Waals surface area contributed by atoms with Crippen molar-refractivity contribution < 1.29 is 29.6 Å². The van der Waals surface area contributed by atoms with Gasteiger partial charge in [-0.3, -0.25) is 4.79 Å². The van der Waals surface area contributed by atoms with Crippen LogP contribution in [0.4, 0.5) is 0 Å². The van der Waals surface area contributed by atoms with E-state index >= 15 is 0 Å². The number of aliphatic hydroxyl groups is 2. The van der Waals surface area contributed by atoms with Crippen molar-refractivity contribution in [1.82, 2.24) is 0 Å². The molecule has 22 heavy (non-hydrogen) atoms. The standard InChI is InChI=1S/C16H26O6/c1-4-5-6-7-11-22-13(17)12-16(21,14(18)19)10-8-9-15(2,3)20/h4-7,20-21H,8-12H2,1-3H3,(H,18,19)/t16-/m1/s1. The quantitative estimate of drug-likeness (QED) is 0.419. The lowest BCUT2D eigenvalue weighted by molar-refractivity contribution is -0.168. The van der Waals surface area contributed by atoms with E-state index in [1.165, 1.54) is 0 Å². The first-order valence-corrected chi connectivity index (χ1v) is 7.22. The van der Waals surface area contributed by atoms with Gasteiger partial charge in [-0.1, -0.05) is 18.2 Å². The van der Waals surface area contributed by atoms with Crippen molar-refractivity contribution in [2.24, 2.45) is 0 Å². The lowest BCUT2D eigenvalue weighted by atomic mass is 9.90. The summed E-state index contributed by atoms with van der Waals surface area (Å²) in [6, 6.07) is 0. The van der Waals surface area contributed by atoms with E-state index in [9.17, 15) is 19.8 Å². The number of hydrogen-bond donors (Lipinski definition) is 3. The predicted molar refractivity (Wildman–Crippen MR) is 82.3 cm³/mol. The molecule has 0 radical (unpaired) electrons. The molecule has 1 atom stereocenters. The Kier molecular flexibility index (Phi) is 8.67. The fourth-order valence-electron chi connectivity index (χ4n) is 1.76. The van der Waals surface area contributed by atoms with Crippen molar-refractivity contribution in [3.63, 3.8) is 0 Å². The van der Waals surface area contributed by atoms with Crippen molar-refractivity contribution in [1.29, 1.82) is 0 Å². The van der Waals surface area contributed by atoms with Gasteiger partial charge >= 0.3 is 11.9 Å². The molecule has 0 fully saturated rings. The monoisotopic (exact) mass is 314 g/mol. The average Bonchev–Trinajstić information content (AvgIpc) is 2.36. The lowest BCUT2D eigenvalue weighted by Gasteiger charge is -2.24. The SMILES string of the molecule is CC=CC=CCOC(=O)C[C@](O)(CCCC(C)(C)O)C(=O)O. The highest BCUT2D eigenvalue weighted by atomic mass is 16.5. The highest BCUT2D eigenvalue weighted by Gasteiger charge is 2.38.